The van der Waals surface area contributed by atoms with Gasteiger partial charge in [0.15, 0.2) is 5.82 Å². The first-order valence-electron chi connectivity index (χ1n) is 8.80. The molecule has 8 nitrogen and oxygen atoms in total. The van der Waals surface area contributed by atoms with E-state index in [0.717, 1.165) is 25.7 Å². The van der Waals surface area contributed by atoms with Gasteiger partial charge in [0.2, 0.25) is 11.8 Å². The quantitative estimate of drug-likeness (QED) is 0.774. The van der Waals surface area contributed by atoms with Gasteiger partial charge in [-0.15, -0.1) is 11.8 Å². The van der Waals surface area contributed by atoms with E-state index in [-0.39, 0.29) is 35.3 Å². The number of carboxylic acids is 1. The van der Waals surface area contributed by atoms with E-state index in [0.29, 0.717) is 18.0 Å². The third-order valence-electron chi connectivity index (χ3n) is 5.02. The fourth-order valence-corrected chi connectivity index (χ4v) is 4.63. The maximum absolute atomic E-state index is 12.6. The number of aryl methyl sites for hydroxylation is 1. The van der Waals surface area contributed by atoms with Crippen molar-refractivity contribution in [3.05, 3.63) is 11.8 Å². The number of hydrogen-bond acceptors (Lipinski definition) is 6. The van der Waals surface area contributed by atoms with Crippen molar-refractivity contribution in [3.63, 3.8) is 0 Å². The Morgan fingerprint density at radius 3 is 2.81 bits per heavy atom. The number of fused-ring (bicyclic) bond motifs is 1. The minimum absolute atomic E-state index is 0.0323. The standard InChI is InChI=1S/C17H23N3O5S/c1-10-6-14(19-25-10)18-15(21)8-26-9-16(22)20-12-5-3-2-4-11(12)7-13(20)17(23)24/h6,11-13H,2-5,7-9H2,1H3,(H,23,24)(H,18,19,21). The Morgan fingerprint density at radius 1 is 1.35 bits per heavy atom. The molecule has 142 valence electrons. The van der Waals surface area contributed by atoms with Crippen molar-refractivity contribution in [1.82, 2.24) is 10.1 Å². The van der Waals surface area contributed by atoms with E-state index in [1.807, 2.05) is 0 Å². The van der Waals surface area contributed by atoms with Gasteiger partial charge in [0, 0.05) is 12.1 Å². The molecule has 0 spiro atoms. The summed E-state index contributed by atoms with van der Waals surface area (Å²) in [7, 11) is 0. The zero-order valence-electron chi connectivity index (χ0n) is 14.6. The van der Waals surface area contributed by atoms with E-state index in [9.17, 15) is 19.5 Å². The van der Waals surface area contributed by atoms with Crippen LogP contribution in [-0.2, 0) is 14.4 Å². The lowest BCUT2D eigenvalue weighted by Gasteiger charge is -2.33. The molecule has 0 aromatic carbocycles. The van der Waals surface area contributed by atoms with Crippen molar-refractivity contribution in [2.24, 2.45) is 5.92 Å². The molecular formula is C17H23N3O5S. The number of carboxylic acid groups (broad SMARTS) is 1. The van der Waals surface area contributed by atoms with Crippen LogP contribution in [0, 0.1) is 12.8 Å². The number of nitrogens with one attached hydrogen (secondary N) is 1. The second-order valence-corrected chi connectivity index (χ2v) is 7.85. The van der Waals surface area contributed by atoms with Crippen LogP contribution in [0.2, 0.25) is 0 Å². The fraction of sp³-hybridized carbons (Fsp3) is 0.647. The molecule has 1 aromatic rings. The van der Waals surface area contributed by atoms with Crippen LogP contribution in [0.25, 0.3) is 0 Å². The smallest absolute Gasteiger partial charge is 0.326 e. The number of nitrogens with zero attached hydrogens (tertiary/aromatic N) is 2. The molecule has 1 saturated heterocycles. The van der Waals surface area contributed by atoms with Crippen LogP contribution in [-0.4, -0.2) is 56.5 Å². The van der Waals surface area contributed by atoms with Crippen LogP contribution in [0.3, 0.4) is 0 Å². The molecule has 0 bridgehead atoms. The highest BCUT2D eigenvalue weighted by Crippen LogP contribution is 2.40. The van der Waals surface area contributed by atoms with Crippen molar-refractivity contribution in [3.8, 4) is 0 Å². The van der Waals surface area contributed by atoms with Gasteiger partial charge in [0.05, 0.1) is 11.5 Å². The van der Waals surface area contributed by atoms with E-state index in [2.05, 4.69) is 10.5 Å². The minimum Gasteiger partial charge on any atom is -0.480 e. The van der Waals surface area contributed by atoms with Gasteiger partial charge in [0.1, 0.15) is 11.8 Å². The number of aromatic nitrogens is 1. The number of carbonyl (C=O) groups excluding carboxylic acids is 2. The highest BCUT2D eigenvalue weighted by atomic mass is 32.2. The molecular weight excluding hydrogens is 358 g/mol. The van der Waals surface area contributed by atoms with E-state index in [1.165, 1.54) is 11.8 Å². The molecule has 3 atom stereocenters. The van der Waals surface area contributed by atoms with Crippen LogP contribution >= 0.6 is 11.8 Å². The molecule has 3 unspecified atom stereocenters. The summed E-state index contributed by atoms with van der Waals surface area (Å²) in [5, 5.41) is 15.8. The summed E-state index contributed by atoms with van der Waals surface area (Å²) < 4.78 is 4.87. The maximum Gasteiger partial charge on any atom is 0.326 e. The molecule has 1 aromatic heterocycles. The van der Waals surface area contributed by atoms with Crippen LogP contribution in [0.4, 0.5) is 5.82 Å². The van der Waals surface area contributed by atoms with Gasteiger partial charge in [-0.2, -0.15) is 0 Å². The Hall–Kier alpha value is -2.03. The Bertz CT molecular complexity index is 692. The molecule has 2 N–H and O–H groups in total. The normalized spacial score (nSPS) is 25.0. The molecule has 2 aliphatic rings. The van der Waals surface area contributed by atoms with E-state index in [1.54, 1.807) is 17.9 Å². The predicted octanol–water partition coefficient (Wildman–Crippen LogP) is 1.90. The average Bonchev–Trinajstić information content (AvgIpc) is 3.18. The van der Waals surface area contributed by atoms with Crippen molar-refractivity contribution in [1.29, 1.82) is 0 Å². The third kappa shape index (κ3) is 4.20. The van der Waals surface area contributed by atoms with Crippen LogP contribution in [0.1, 0.15) is 37.9 Å². The maximum atomic E-state index is 12.6. The van der Waals surface area contributed by atoms with Gasteiger partial charge in [-0.05, 0) is 32.1 Å². The summed E-state index contributed by atoms with van der Waals surface area (Å²) in [5.41, 5.74) is 0. The van der Waals surface area contributed by atoms with E-state index >= 15 is 0 Å². The Balaban J connectivity index is 1.51. The van der Waals surface area contributed by atoms with Gasteiger partial charge in [-0.1, -0.05) is 18.0 Å². The number of likely N-dealkylation sites (tertiary alicyclic amines) is 1. The molecule has 9 heteroatoms. The summed E-state index contributed by atoms with van der Waals surface area (Å²) in [6.07, 6.45) is 4.54. The number of rotatable bonds is 6. The Kier molecular flexibility index (Phi) is 5.85. The average molecular weight is 381 g/mol. The van der Waals surface area contributed by atoms with Gasteiger partial charge in [0.25, 0.3) is 0 Å². The third-order valence-corrected chi connectivity index (χ3v) is 5.93. The first kappa shape index (κ1) is 18.8. The highest BCUT2D eigenvalue weighted by molar-refractivity contribution is 8.00. The number of carbonyl (C=O) groups is 3. The number of aliphatic carboxylic acids is 1. The first-order valence-corrected chi connectivity index (χ1v) is 9.96. The number of hydrogen-bond donors (Lipinski definition) is 2. The summed E-state index contributed by atoms with van der Waals surface area (Å²) in [4.78, 5) is 37.7. The fourth-order valence-electron chi connectivity index (χ4n) is 3.95. The predicted molar refractivity (Wildman–Crippen MR) is 95.8 cm³/mol. The van der Waals surface area contributed by atoms with Crippen LogP contribution in [0.15, 0.2) is 10.6 Å². The molecule has 1 aliphatic heterocycles. The van der Waals surface area contributed by atoms with Crippen molar-refractivity contribution in [2.45, 2.75) is 51.1 Å². The minimum atomic E-state index is -0.933. The van der Waals surface area contributed by atoms with Crippen molar-refractivity contribution < 1.29 is 24.0 Å². The largest absolute Gasteiger partial charge is 0.480 e. The second kappa shape index (κ2) is 8.11. The SMILES string of the molecule is Cc1cc(NC(=O)CSCC(=O)N2C(C(=O)O)CC3CCCCC32)no1. The first-order chi connectivity index (χ1) is 12.5. The van der Waals surface area contributed by atoms with Gasteiger partial charge < -0.3 is 19.8 Å². The lowest BCUT2D eigenvalue weighted by Crippen LogP contribution is -2.47. The number of anilines is 1. The monoisotopic (exact) mass is 381 g/mol. The second-order valence-electron chi connectivity index (χ2n) is 6.87. The Morgan fingerprint density at radius 2 is 2.12 bits per heavy atom. The topological polar surface area (TPSA) is 113 Å². The molecule has 1 saturated carbocycles. The molecule has 26 heavy (non-hydrogen) atoms. The number of amides is 2. The van der Waals surface area contributed by atoms with Crippen LogP contribution < -0.4 is 5.32 Å². The summed E-state index contributed by atoms with van der Waals surface area (Å²) in [6.45, 7) is 1.73. The summed E-state index contributed by atoms with van der Waals surface area (Å²) in [5.74, 6) is 0.0169. The van der Waals surface area contributed by atoms with Gasteiger partial charge in [-0.25, -0.2) is 4.79 Å². The zero-order chi connectivity index (χ0) is 18.7. The van der Waals surface area contributed by atoms with E-state index < -0.39 is 12.0 Å². The lowest BCUT2D eigenvalue weighted by atomic mass is 9.85. The van der Waals surface area contributed by atoms with Crippen LogP contribution in [0.5, 0.6) is 0 Å². The Labute approximate surface area is 155 Å². The number of thioether (sulfide) groups is 1. The lowest BCUT2D eigenvalue weighted by molar-refractivity contribution is -0.148. The summed E-state index contributed by atoms with van der Waals surface area (Å²) >= 11 is 1.18. The molecule has 3 rings (SSSR count). The van der Waals surface area contributed by atoms with E-state index in [4.69, 9.17) is 4.52 Å². The molecule has 2 amide bonds. The molecule has 2 heterocycles. The zero-order valence-corrected chi connectivity index (χ0v) is 15.5. The molecule has 1 aliphatic carbocycles. The molecule has 0 radical (unpaired) electrons. The van der Waals surface area contributed by atoms with Crippen molar-refractivity contribution >= 4 is 35.4 Å². The van der Waals surface area contributed by atoms with Gasteiger partial charge >= 0.3 is 5.97 Å². The highest BCUT2D eigenvalue weighted by Gasteiger charge is 2.47. The van der Waals surface area contributed by atoms with Gasteiger partial charge in [-0.3, -0.25) is 9.59 Å². The summed E-state index contributed by atoms with van der Waals surface area (Å²) in [6, 6.07) is 0.909. The van der Waals surface area contributed by atoms with Crippen molar-refractivity contribution in [2.75, 3.05) is 16.8 Å². The molecule has 2 fully saturated rings.